The molecule has 2 amide bonds. The number of carbonyl (C=O) groups excluding carboxylic acids is 2. The van der Waals surface area contributed by atoms with Crippen LogP contribution < -0.4 is 11.1 Å². The van der Waals surface area contributed by atoms with Gasteiger partial charge in [0.05, 0.1) is 23.8 Å². The molecule has 10 nitrogen and oxygen atoms in total. The van der Waals surface area contributed by atoms with Gasteiger partial charge in [-0.3, -0.25) is 19.2 Å². The van der Waals surface area contributed by atoms with Gasteiger partial charge < -0.3 is 21.1 Å². The third kappa shape index (κ3) is 5.98. The maximum absolute atomic E-state index is 14.4. The number of aryl methyl sites for hydroxylation is 1. The van der Waals surface area contributed by atoms with Crippen molar-refractivity contribution >= 4 is 23.2 Å². The first kappa shape index (κ1) is 28.8. The minimum Gasteiger partial charge on any atom is -0.395 e. The van der Waals surface area contributed by atoms with Gasteiger partial charge in [-0.1, -0.05) is 48.6 Å². The van der Waals surface area contributed by atoms with Crippen LogP contribution in [-0.2, 0) is 11.8 Å². The summed E-state index contributed by atoms with van der Waals surface area (Å²) in [5.41, 5.74) is 9.48. The van der Waals surface area contributed by atoms with Gasteiger partial charge in [-0.25, -0.2) is 4.98 Å². The van der Waals surface area contributed by atoms with Gasteiger partial charge in [0.15, 0.2) is 0 Å². The highest BCUT2D eigenvalue weighted by molar-refractivity contribution is 5.99. The molecule has 1 unspecified atom stereocenters. The van der Waals surface area contributed by atoms with Crippen molar-refractivity contribution in [3.8, 4) is 11.1 Å². The summed E-state index contributed by atoms with van der Waals surface area (Å²) in [7, 11) is 1.83. The quantitative estimate of drug-likeness (QED) is 0.373. The van der Waals surface area contributed by atoms with Crippen LogP contribution in [0.4, 0.5) is 5.82 Å². The Morgan fingerprint density at radius 2 is 1.95 bits per heavy atom. The van der Waals surface area contributed by atoms with E-state index in [9.17, 15) is 14.7 Å². The second kappa shape index (κ2) is 12.1. The molecule has 0 saturated carbocycles. The van der Waals surface area contributed by atoms with Crippen molar-refractivity contribution in [3.63, 3.8) is 0 Å². The van der Waals surface area contributed by atoms with Crippen molar-refractivity contribution in [2.24, 2.45) is 12.5 Å². The zero-order chi connectivity index (χ0) is 30.0. The van der Waals surface area contributed by atoms with Crippen LogP contribution in [0.5, 0.6) is 0 Å². The Morgan fingerprint density at radius 3 is 2.72 bits per heavy atom. The lowest BCUT2D eigenvalue weighted by Crippen LogP contribution is -2.51. The third-order valence-corrected chi connectivity index (χ3v) is 9.00. The van der Waals surface area contributed by atoms with E-state index < -0.39 is 5.41 Å². The summed E-state index contributed by atoms with van der Waals surface area (Å²) >= 11 is 0. The molecule has 0 radical (unpaired) electrons. The summed E-state index contributed by atoms with van der Waals surface area (Å²) in [6.07, 6.45) is 14.5. The van der Waals surface area contributed by atoms with Gasteiger partial charge >= 0.3 is 0 Å². The number of hydrogen-bond acceptors (Lipinski definition) is 7. The van der Waals surface area contributed by atoms with E-state index in [2.05, 4.69) is 44.6 Å². The molecule has 3 aromatic rings. The van der Waals surface area contributed by atoms with Crippen molar-refractivity contribution < 1.29 is 14.7 Å². The molecular formula is C33H39N7O3. The number of nitrogens with one attached hydrogen (secondary N) is 1. The maximum Gasteiger partial charge on any atom is 0.255 e. The predicted octanol–water partition coefficient (Wildman–Crippen LogP) is 2.88. The molecule has 1 aromatic carbocycles. The lowest BCUT2D eigenvalue weighted by molar-refractivity contribution is -0.139. The van der Waals surface area contributed by atoms with Crippen LogP contribution >= 0.6 is 0 Å². The smallest absolute Gasteiger partial charge is 0.255 e. The van der Waals surface area contributed by atoms with E-state index in [-0.39, 0.29) is 36.3 Å². The van der Waals surface area contributed by atoms with E-state index in [1.165, 1.54) is 0 Å². The summed E-state index contributed by atoms with van der Waals surface area (Å²) in [6.45, 7) is 2.48. The van der Waals surface area contributed by atoms with Gasteiger partial charge in [0, 0.05) is 62.3 Å². The van der Waals surface area contributed by atoms with Crippen molar-refractivity contribution in [2.45, 2.75) is 37.8 Å². The fourth-order valence-electron chi connectivity index (χ4n) is 6.68. The predicted molar refractivity (Wildman–Crippen MR) is 166 cm³/mol. The number of aliphatic hydroxyl groups excluding tert-OH is 1. The lowest BCUT2D eigenvalue weighted by atomic mass is 9.74. The molecule has 6 rings (SSSR count). The van der Waals surface area contributed by atoms with E-state index in [0.717, 1.165) is 41.6 Å². The highest BCUT2D eigenvalue weighted by atomic mass is 16.3. The van der Waals surface area contributed by atoms with Gasteiger partial charge in [-0.2, -0.15) is 5.10 Å². The second-order valence-electron chi connectivity index (χ2n) is 12.0. The number of nitrogens with two attached hydrogens (primary N) is 1. The fraction of sp³-hybridized carbons (Fsp3) is 0.394. The monoisotopic (exact) mass is 581 g/mol. The molecule has 2 aromatic heterocycles. The number of anilines is 1. The normalized spacial score (nSPS) is 23.9. The third-order valence-electron chi connectivity index (χ3n) is 9.00. The molecule has 2 fully saturated rings. The number of nitrogen functional groups attached to an aromatic ring is 1. The highest BCUT2D eigenvalue weighted by Crippen LogP contribution is 2.41. The minimum atomic E-state index is -0.761. The molecule has 3 atom stereocenters. The zero-order valence-corrected chi connectivity index (χ0v) is 24.5. The Morgan fingerprint density at radius 1 is 1.12 bits per heavy atom. The Bertz CT molecular complexity index is 1550. The Labute approximate surface area is 251 Å². The van der Waals surface area contributed by atoms with Crippen LogP contribution in [0.3, 0.4) is 0 Å². The van der Waals surface area contributed by atoms with E-state index >= 15 is 0 Å². The molecule has 2 aliphatic heterocycles. The van der Waals surface area contributed by atoms with Crippen molar-refractivity contribution in [1.82, 2.24) is 29.9 Å². The van der Waals surface area contributed by atoms with Gasteiger partial charge in [0.25, 0.3) is 5.91 Å². The number of pyridine rings is 1. The Balaban J connectivity index is 1.18. The minimum absolute atomic E-state index is 0.0605. The SMILES string of the molecule is Cn1cc(-c2cnc(N)c(C(=O)N[C@@H]3CCN(C(=O)C4(CN5CCC[C@@H]5CO)C=CC=C(c5ccccc5)C4)C3)c2)cn1. The number of aliphatic hydroxyl groups is 1. The molecule has 224 valence electrons. The first-order valence-electron chi connectivity index (χ1n) is 15.0. The number of carbonyl (C=O) groups is 2. The number of rotatable bonds is 8. The highest BCUT2D eigenvalue weighted by Gasteiger charge is 2.45. The van der Waals surface area contributed by atoms with E-state index in [4.69, 9.17) is 5.73 Å². The van der Waals surface area contributed by atoms with Crippen molar-refractivity contribution in [1.29, 1.82) is 0 Å². The van der Waals surface area contributed by atoms with Crippen LogP contribution in [0.25, 0.3) is 16.7 Å². The molecule has 4 N–H and O–H groups in total. The number of nitrogens with zero attached hydrogens (tertiary/aromatic N) is 5. The molecule has 0 spiro atoms. The number of allylic oxidation sites excluding steroid dienone is 3. The first-order chi connectivity index (χ1) is 20.8. The van der Waals surface area contributed by atoms with Crippen molar-refractivity contribution in [3.05, 3.63) is 84.3 Å². The molecule has 3 aliphatic rings. The topological polar surface area (TPSA) is 130 Å². The van der Waals surface area contributed by atoms with Crippen LogP contribution in [0, 0.1) is 5.41 Å². The molecule has 43 heavy (non-hydrogen) atoms. The van der Waals surface area contributed by atoms with E-state index in [1.54, 1.807) is 23.1 Å². The van der Waals surface area contributed by atoms with E-state index in [0.29, 0.717) is 38.0 Å². The van der Waals surface area contributed by atoms with Crippen molar-refractivity contribution in [2.75, 3.05) is 38.5 Å². The summed E-state index contributed by atoms with van der Waals surface area (Å²) in [6, 6.07) is 11.8. The molecule has 2 saturated heterocycles. The molecular weight excluding hydrogens is 542 g/mol. The number of benzene rings is 1. The summed E-state index contributed by atoms with van der Waals surface area (Å²) in [5, 5.41) is 17.3. The number of likely N-dealkylation sites (tertiary alicyclic amines) is 2. The van der Waals surface area contributed by atoms with Gasteiger partial charge in [0.1, 0.15) is 5.82 Å². The van der Waals surface area contributed by atoms with Crippen LogP contribution in [0.2, 0.25) is 0 Å². The first-order valence-corrected chi connectivity index (χ1v) is 15.0. The van der Waals surface area contributed by atoms with E-state index in [1.807, 2.05) is 42.4 Å². The molecule has 0 bridgehead atoms. The molecule has 10 heteroatoms. The van der Waals surface area contributed by atoms with Gasteiger partial charge in [-0.15, -0.1) is 0 Å². The van der Waals surface area contributed by atoms with Gasteiger partial charge in [0.2, 0.25) is 5.91 Å². The summed E-state index contributed by atoms with van der Waals surface area (Å²) in [4.78, 5) is 36.2. The Kier molecular flexibility index (Phi) is 8.14. The zero-order valence-electron chi connectivity index (χ0n) is 24.5. The lowest BCUT2D eigenvalue weighted by Gasteiger charge is -2.40. The molecule has 1 aliphatic carbocycles. The standard InChI is InChI=1S/C33H39N7O3/c1-38-19-26(18-36-38)25-15-29(30(34)35-17-25)31(42)37-27-11-14-39(20-27)32(43)33(22-40-13-6-10-28(40)21-41)12-5-9-24(16-33)23-7-3-2-4-8-23/h2-5,7-9,12,15,17-19,27-28,41H,6,10-11,13-14,16,20-22H2,1H3,(H2,34,35)(H,37,42)/t27-,28-,33?/m1/s1. The summed E-state index contributed by atoms with van der Waals surface area (Å²) in [5.74, 6) is -0.0866. The second-order valence-corrected chi connectivity index (χ2v) is 12.0. The van der Waals surface area contributed by atoms with Gasteiger partial charge in [-0.05, 0) is 49.4 Å². The largest absolute Gasteiger partial charge is 0.395 e. The average molecular weight is 582 g/mol. The molecule has 4 heterocycles. The summed E-state index contributed by atoms with van der Waals surface area (Å²) < 4.78 is 1.69. The van der Waals surface area contributed by atoms with Crippen LogP contribution in [0.1, 0.15) is 41.6 Å². The van der Waals surface area contributed by atoms with Crippen LogP contribution in [-0.4, -0.2) is 86.4 Å². The maximum atomic E-state index is 14.4. The fourth-order valence-corrected chi connectivity index (χ4v) is 6.68. The van der Waals surface area contributed by atoms with Crippen LogP contribution in [0.15, 0.2) is 73.2 Å². The number of amides is 2. The number of aromatic nitrogens is 3. The number of hydrogen-bond donors (Lipinski definition) is 3. The average Bonchev–Trinajstić information content (AvgIpc) is 3.79. The Hall–Kier alpha value is -4.28.